The summed E-state index contributed by atoms with van der Waals surface area (Å²) in [6, 6.07) is 0.308. The molecule has 0 radical (unpaired) electrons. The fourth-order valence-corrected chi connectivity index (χ4v) is 1.73. The average molecular weight is 212 g/mol. The highest BCUT2D eigenvalue weighted by molar-refractivity contribution is 5.99. The molecule has 1 aliphatic rings. The van der Waals surface area contributed by atoms with E-state index in [1.54, 1.807) is 0 Å². The average Bonchev–Trinajstić information content (AvgIpc) is 2.12. The number of nitrogens with one attached hydrogen (secondary N) is 1. The Bertz CT molecular complexity index is 235. The van der Waals surface area contributed by atoms with Gasteiger partial charge in [-0.1, -0.05) is 13.8 Å². The molecule has 0 aromatic carbocycles. The van der Waals surface area contributed by atoms with Crippen molar-refractivity contribution < 1.29 is 9.59 Å². The second kappa shape index (κ2) is 5.26. The van der Waals surface area contributed by atoms with Crippen LogP contribution in [0.25, 0.3) is 0 Å². The fourth-order valence-electron chi connectivity index (χ4n) is 1.73. The van der Waals surface area contributed by atoms with Gasteiger partial charge in [0.2, 0.25) is 11.8 Å². The third-order valence-corrected chi connectivity index (χ3v) is 2.76. The minimum atomic E-state index is -0.178. The molecule has 4 heteroatoms. The van der Waals surface area contributed by atoms with Crippen LogP contribution in [0.5, 0.6) is 0 Å². The molecule has 1 saturated heterocycles. The number of rotatable bonds is 4. The highest BCUT2D eigenvalue weighted by Crippen LogP contribution is 2.12. The number of piperazine rings is 1. The molecule has 0 bridgehead atoms. The number of nitrogens with zero attached hydrogens (tertiary/aromatic N) is 1. The Hall–Kier alpha value is -0.900. The Morgan fingerprint density at radius 3 is 2.13 bits per heavy atom. The van der Waals surface area contributed by atoms with Crippen molar-refractivity contribution in [1.82, 2.24) is 10.2 Å². The van der Waals surface area contributed by atoms with Gasteiger partial charge in [0, 0.05) is 6.04 Å². The van der Waals surface area contributed by atoms with Crippen LogP contribution in [0, 0.1) is 5.92 Å². The van der Waals surface area contributed by atoms with Crippen LogP contribution in [-0.2, 0) is 9.59 Å². The van der Waals surface area contributed by atoms with E-state index in [0.29, 0.717) is 25.0 Å². The maximum absolute atomic E-state index is 11.2. The molecule has 1 aliphatic heterocycles. The number of hydrogen-bond acceptors (Lipinski definition) is 3. The summed E-state index contributed by atoms with van der Waals surface area (Å²) in [5.74, 6) is 0.312. The molecule has 0 saturated carbocycles. The van der Waals surface area contributed by atoms with Gasteiger partial charge in [0.25, 0.3) is 0 Å². The molecule has 1 heterocycles. The summed E-state index contributed by atoms with van der Waals surface area (Å²) in [5, 5.41) is 2.31. The molecule has 0 spiro atoms. The van der Waals surface area contributed by atoms with Crippen molar-refractivity contribution in [3.63, 3.8) is 0 Å². The largest absolute Gasteiger partial charge is 0.294 e. The maximum atomic E-state index is 11.2. The molecule has 1 unspecified atom stereocenters. The van der Waals surface area contributed by atoms with Gasteiger partial charge >= 0.3 is 0 Å². The highest BCUT2D eigenvalue weighted by Gasteiger charge is 2.25. The number of imide groups is 1. The Labute approximate surface area is 91.0 Å². The van der Waals surface area contributed by atoms with Gasteiger partial charge in [-0.05, 0) is 25.7 Å². The summed E-state index contributed by atoms with van der Waals surface area (Å²) in [4.78, 5) is 24.3. The van der Waals surface area contributed by atoms with E-state index in [-0.39, 0.29) is 11.8 Å². The van der Waals surface area contributed by atoms with Gasteiger partial charge in [0.15, 0.2) is 0 Å². The summed E-state index contributed by atoms with van der Waals surface area (Å²) < 4.78 is 0. The Morgan fingerprint density at radius 2 is 1.67 bits per heavy atom. The van der Waals surface area contributed by atoms with Gasteiger partial charge in [-0.25, -0.2) is 0 Å². The number of carbonyl (C=O) groups excluding carboxylic acids is 2. The van der Waals surface area contributed by atoms with Crippen molar-refractivity contribution >= 4 is 11.8 Å². The molecule has 0 aromatic heterocycles. The summed E-state index contributed by atoms with van der Waals surface area (Å²) >= 11 is 0. The van der Waals surface area contributed by atoms with E-state index in [0.717, 1.165) is 12.8 Å². The van der Waals surface area contributed by atoms with Crippen LogP contribution < -0.4 is 5.32 Å². The number of hydrogen-bond donors (Lipinski definition) is 1. The summed E-state index contributed by atoms with van der Waals surface area (Å²) in [6.45, 7) is 7.14. The monoisotopic (exact) mass is 212 g/mol. The van der Waals surface area contributed by atoms with E-state index >= 15 is 0 Å². The van der Waals surface area contributed by atoms with E-state index in [4.69, 9.17) is 0 Å². The SMILES string of the molecule is CC(C)CCC(C)N1CC(=O)NC(=O)C1. The standard InChI is InChI=1S/C11H20N2O2/c1-8(2)4-5-9(3)13-6-10(14)12-11(15)7-13/h8-9H,4-7H2,1-3H3,(H,12,14,15). The molecule has 15 heavy (non-hydrogen) atoms. The third kappa shape index (κ3) is 4.00. The van der Waals surface area contributed by atoms with Gasteiger partial charge in [0.05, 0.1) is 13.1 Å². The molecule has 4 nitrogen and oxygen atoms in total. The second-order valence-corrected chi connectivity index (χ2v) is 4.70. The summed E-state index contributed by atoms with van der Waals surface area (Å²) in [6.07, 6.45) is 2.17. The lowest BCUT2D eigenvalue weighted by Gasteiger charge is -2.31. The van der Waals surface area contributed by atoms with E-state index in [9.17, 15) is 9.59 Å². The molecular weight excluding hydrogens is 192 g/mol. The fraction of sp³-hybridized carbons (Fsp3) is 0.818. The van der Waals surface area contributed by atoms with Crippen LogP contribution in [0.15, 0.2) is 0 Å². The van der Waals surface area contributed by atoms with Gasteiger partial charge in [0.1, 0.15) is 0 Å². The molecule has 1 rings (SSSR count). The van der Waals surface area contributed by atoms with Gasteiger partial charge in [-0.15, -0.1) is 0 Å². The predicted molar refractivity (Wildman–Crippen MR) is 58.3 cm³/mol. The first kappa shape index (κ1) is 12.2. The van der Waals surface area contributed by atoms with E-state index in [1.165, 1.54) is 0 Å². The first-order valence-electron chi connectivity index (χ1n) is 5.55. The van der Waals surface area contributed by atoms with Crippen LogP contribution in [0.4, 0.5) is 0 Å². The highest BCUT2D eigenvalue weighted by atomic mass is 16.2. The van der Waals surface area contributed by atoms with Crippen molar-refractivity contribution in [2.45, 2.75) is 39.7 Å². The second-order valence-electron chi connectivity index (χ2n) is 4.70. The van der Waals surface area contributed by atoms with E-state index in [2.05, 4.69) is 26.1 Å². The first-order valence-corrected chi connectivity index (χ1v) is 5.55. The van der Waals surface area contributed by atoms with Crippen molar-refractivity contribution in [3.05, 3.63) is 0 Å². The molecule has 0 aliphatic carbocycles. The summed E-state index contributed by atoms with van der Waals surface area (Å²) in [7, 11) is 0. The third-order valence-electron chi connectivity index (χ3n) is 2.76. The van der Waals surface area contributed by atoms with E-state index < -0.39 is 0 Å². The van der Waals surface area contributed by atoms with Crippen molar-refractivity contribution in [3.8, 4) is 0 Å². The lowest BCUT2D eigenvalue weighted by molar-refractivity contribution is -0.137. The van der Waals surface area contributed by atoms with Crippen LogP contribution in [-0.4, -0.2) is 35.8 Å². The molecule has 1 fully saturated rings. The summed E-state index contributed by atoms with van der Waals surface area (Å²) in [5.41, 5.74) is 0. The molecule has 2 amide bonds. The van der Waals surface area contributed by atoms with Crippen molar-refractivity contribution in [2.24, 2.45) is 5.92 Å². The number of carbonyl (C=O) groups is 2. The van der Waals surface area contributed by atoms with Crippen molar-refractivity contribution in [2.75, 3.05) is 13.1 Å². The number of amides is 2. The Morgan fingerprint density at radius 1 is 1.13 bits per heavy atom. The van der Waals surface area contributed by atoms with Gasteiger partial charge < -0.3 is 0 Å². The molecule has 0 aromatic rings. The van der Waals surface area contributed by atoms with Gasteiger partial charge in [-0.2, -0.15) is 0 Å². The van der Waals surface area contributed by atoms with Crippen LogP contribution in [0.3, 0.4) is 0 Å². The minimum Gasteiger partial charge on any atom is -0.294 e. The zero-order valence-electron chi connectivity index (χ0n) is 9.75. The smallest absolute Gasteiger partial charge is 0.240 e. The molecule has 86 valence electrons. The first-order chi connectivity index (χ1) is 6.99. The van der Waals surface area contributed by atoms with E-state index in [1.807, 2.05) is 4.90 Å². The lowest BCUT2D eigenvalue weighted by atomic mass is 10.0. The zero-order chi connectivity index (χ0) is 11.4. The van der Waals surface area contributed by atoms with Crippen molar-refractivity contribution in [1.29, 1.82) is 0 Å². The zero-order valence-corrected chi connectivity index (χ0v) is 9.75. The topological polar surface area (TPSA) is 49.4 Å². The van der Waals surface area contributed by atoms with Crippen LogP contribution in [0.1, 0.15) is 33.6 Å². The van der Waals surface area contributed by atoms with Crippen LogP contribution >= 0.6 is 0 Å². The van der Waals surface area contributed by atoms with Crippen LogP contribution in [0.2, 0.25) is 0 Å². The normalized spacial score (nSPS) is 20.5. The van der Waals surface area contributed by atoms with Gasteiger partial charge in [-0.3, -0.25) is 19.8 Å². The maximum Gasteiger partial charge on any atom is 0.240 e. The Balaban J connectivity index is 2.41. The predicted octanol–water partition coefficient (Wildman–Crippen LogP) is 0.769. The quantitative estimate of drug-likeness (QED) is 0.700. The minimum absolute atomic E-state index is 0.178. The lowest BCUT2D eigenvalue weighted by Crippen LogP contribution is -2.54. The molecule has 1 atom stereocenters. The Kier molecular flexibility index (Phi) is 4.27. The molecule has 1 N–H and O–H groups in total. The molecular formula is C11H20N2O2.